The second-order valence-electron chi connectivity index (χ2n) is 5.17. The van der Waals surface area contributed by atoms with E-state index in [9.17, 15) is 22.0 Å². The lowest BCUT2D eigenvalue weighted by Crippen LogP contribution is -2.37. The summed E-state index contributed by atoms with van der Waals surface area (Å²) in [5.74, 6) is -2.87. The van der Waals surface area contributed by atoms with E-state index in [2.05, 4.69) is 0 Å². The van der Waals surface area contributed by atoms with Crippen LogP contribution in [0.3, 0.4) is 0 Å². The minimum Gasteiger partial charge on any atom is -0.293 e. The predicted molar refractivity (Wildman–Crippen MR) is 73.4 cm³/mol. The highest BCUT2D eigenvalue weighted by molar-refractivity contribution is 7.93. The zero-order valence-electron chi connectivity index (χ0n) is 11.9. The lowest BCUT2D eigenvalue weighted by atomic mass is 10.1. The van der Waals surface area contributed by atoms with Gasteiger partial charge in [0.2, 0.25) is 0 Å². The summed E-state index contributed by atoms with van der Waals surface area (Å²) in [6, 6.07) is 2.47. The molecule has 0 saturated carbocycles. The smallest absolute Gasteiger partial charge is 0.183 e. The lowest BCUT2D eigenvalue weighted by molar-refractivity contribution is 0.0987. The fourth-order valence-electron chi connectivity index (χ4n) is 1.76. The molecule has 0 aromatic heterocycles. The van der Waals surface area contributed by atoms with E-state index >= 15 is 0 Å². The Morgan fingerprint density at radius 2 is 1.65 bits per heavy atom. The molecule has 1 rings (SSSR count). The van der Waals surface area contributed by atoms with Gasteiger partial charge in [-0.3, -0.25) is 4.79 Å². The molecule has 2 atom stereocenters. The van der Waals surface area contributed by atoms with Crippen molar-refractivity contribution in [2.75, 3.05) is 0 Å². The Morgan fingerprint density at radius 1 is 1.10 bits per heavy atom. The topological polar surface area (TPSA) is 51.2 Å². The van der Waals surface area contributed by atoms with Crippen LogP contribution in [0.25, 0.3) is 0 Å². The zero-order chi connectivity index (χ0) is 15.7. The van der Waals surface area contributed by atoms with E-state index in [0.717, 1.165) is 12.1 Å². The molecular formula is C14H18F2O3S. The van der Waals surface area contributed by atoms with Gasteiger partial charge in [0, 0.05) is 6.07 Å². The first-order valence-electron chi connectivity index (χ1n) is 6.31. The number of Topliss-reactive ketones (excluding diaryl/α,β-unsaturated/α-hetero) is 1. The Balaban J connectivity index is 3.15. The number of halogens is 2. The summed E-state index contributed by atoms with van der Waals surface area (Å²) < 4.78 is 50.9. The van der Waals surface area contributed by atoms with Crippen molar-refractivity contribution in [2.24, 2.45) is 5.92 Å². The summed E-state index contributed by atoms with van der Waals surface area (Å²) >= 11 is 0. The maximum absolute atomic E-state index is 13.6. The molecule has 1 aromatic rings. The predicted octanol–water partition coefficient (Wildman–Crippen LogP) is 3.00. The van der Waals surface area contributed by atoms with Crippen molar-refractivity contribution in [3.05, 3.63) is 35.4 Å². The van der Waals surface area contributed by atoms with Gasteiger partial charge in [-0.05, 0) is 31.9 Å². The monoisotopic (exact) mass is 304 g/mol. The van der Waals surface area contributed by atoms with Crippen LogP contribution in [-0.2, 0) is 9.84 Å². The summed E-state index contributed by atoms with van der Waals surface area (Å²) in [5, 5.41) is -2.08. The van der Waals surface area contributed by atoms with Crippen LogP contribution in [0, 0.1) is 17.6 Å². The van der Waals surface area contributed by atoms with E-state index < -0.39 is 43.3 Å². The molecule has 20 heavy (non-hydrogen) atoms. The molecule has 0 spiro atoms. The number of hydrogen-bond acceptors (Lipinski definition) is 3. The van der Waals surface area contributed by atoms with E-state index in [1.807, 2.05) is 0 Å². The minimum atomic E-state index is -3.72. The molecule has 0 radical (unpaired) electrons. The number of carbonyl (C=O) groups excluding carboxylic acids is 1. The van der Waals surface area contributed by atoms with Crippen molar-refractivity contribution < 1.29 is 22.0 Å². The molecule has 1 aromatic carbocycles. The second kappa shape index (κ2) is 5.99. The average Bonchev–Trinajstić information content (AvgIpc) is 2.35. The average molecular weight is 304 g/mol. The van der Waals surface area contributed by atoms with Gasteiger partial charge in [0.25, 0.3) is 0 Å². The largest absolute Gasteiger partial charge is 0.293 e. The fraction of sp³-hybridized carbons (Fsp3) is 0.500. The van der Waals surface area contributed by atoms with Crippen LogP contribution >= 0.6 is 0 Å². The minimum absolute atomic E-state index is 0.159. The van der Waals surface area contributed by atoms with Crippen molar-refractivity contribution in [2.45, 2.75) is 38.2 Å². The molecule has 0 N–H and O–H groups in total. The Bertz CT molecular complexity index is 609. The van der Waals surface area contributed by atoms with E-state index in [-0.39, 0.29) is 5.92 Å². The van der Waals surface area contributed by atoms with Gasteiger partial charge < -0.3 is 0 Å². The van der Waals surface area contributed by atoms with Crippen LogP contribution < -0.4 is 0 Å². The quantitative estimate of drug-likeness (QED) is 0.786. The van der Waals surface area contributed by atoms with Crippen LogP contribution in [0.15, 0.2) is 18.2 Å². The molecule has 0 heterocycles. The Kier molecular flexibility index (Phi) is 5.02. The Hall–Kier alpha value is -1.30. The van der Waals surface area contributed by atoms with Gasteiger partial charge in [-0.2, -0.15) is 0 Å². The van der Waals surface area contributed by atoms with Gasteiger partial charge in [0.1, 0.15) is 16.9 Å². The normalized spacial score (nSPS) is 15.2. The summed E-state index contributed by atoms with van der Waals surface area (Å²) in [4.78, 5) is 12.1. The number of rotatable bonds is 5. The van der Waals surface area contributed by atoms with Gasteiger partial charge in [-0.25, -0.2) is 17.2 Å². The summed E-state index contributed by atoms with van der Waals surface area (Å²) in [7, 11) is -3.72. The van der Waals surface area contributed by atoms with Crippen LogP contribution in [0.2, 0.25) is 0 Å². The van der Waals surface area contributed by atoms with Crippen LogP contribution in [0.5, 0.6) is 0 Å². The third kappa shape index (κ3) is 3.23. The summed E-state index contributed by atoms with van der Waals surface area (Å²) in [6.45, 7) is 6.22. The van der Waals surface area contributed by atoms with Crippen molar-refractivity contribution in [1.29, 1.82) is 0 Å². The van der Waals surface area contributed by atoms with E-state index in [1.54, 1.807) is 13.8 Å². The molecular weight excluding hydrogens is 286 g/mol. The first kappa shape index (κ1) is 16.8. The molecule has 112 valence electrons. The zero-order valence-corrected chi connectivity index (χ0v) is 12.7. The SMILES string of the molecule is CC(C)C(C)S(=O)(=O)C(C)C(=O)c1ccc(F)cc1F. The van der Waals surface area contributed by atoms with Crippen LogP contribution in [0.1, 0.15) is 38.1 Å². The van der Waals surface area contributed by atoms with Gasteiger partial charge in [0.15, 0.2) is 15.6 Å². The third-order valence-electron chi connectivity index (χ3n) is 3.52. The van der Waals surface area contributed by atoms with E-state index in [1.165, 1.54) is 13.8 Å². The molecule has 2 unspecified atom stereocenters. The molecule has 0 saturated heterocycles. The van der Waals surface area contributed by atoms with Crippen molar-refractivity contribution in [3.8, 4) is 0 Å². The highest BCUT2D eigenvalue weighted by Crippen LogP contribution is 2.21. The maximum atomic E-state index is 13.6. The summed E-state index contributed by atoms with van der Waals surface area (Å²) in [5.41, 5.74) is -0.404. The molecule has 0 bridgehead atoms. The fourth-order valence-corrected chi connectivity index (χ4v) is 3.59. The van der Waals surface area contributed by atoms with E-state index in [4.69, 9.17) is 0 Å². The maximum Gasteiger partial charge on any atom is 0.183 e. The number of sulfone groups is 1. The molecule has 0 amide bonds. The highest BCUT2D eigenvalue weighted by atomic mass is 32.2. The van der Waals surface area contributed by atoms with Crippen LogP contribution in [-0.4, -0.2) is 24.7 Å². The number of carbonyl (C=O) groups is 1. The molecule has 0 fully saturated rings. The molecule has 0 aliphatic carbocycles. The Morgan fingerprint density at radius 3 is 2.10 bits per heavy atom. The standard InChI is InChI=1S/C14H18F2O3S/c1-8(2)9(3)20(18,19)10(4)14(17)12-6-5-11(15)7-13(12)16/h5-10H,1-4H3. The number of ketones is 1. The van der Waals surface area contributed by atoms with Gasteiger partial charge in [-0.15, -0.1) is 0 Å². The van der Waals surface area contributed by atoms with Crippen molar-refractivity contribution in [1.82, 2.24) is 0 Å². The van der Waals surface area contributed by atoms with Gasteiger partial charge in [-0.1, -0.05) is 13.8 Å². The molecule has 0 aliphatic heterocycles. The third-order valence-corrected chi connectivity index (χ3v) is 6.30. The van der Waals surface area contributed by atoms with Gasteiger partial charge >= 0.3 is 0 Å². The molecule has 6 heteroatoms. The summed E-state index contributed by atoms with van der Waals surface area (Å²) in [6.07, 6.45) is 0. The second-order valence-corrected chi connectivity index (χ2v) is 7.80. The first-order chi connectivity index (χ1) is 9.09. The lowest BCUT2D eigenvalue weighted by Gasteiger charge is -2.20. The number of hydrogen-bond donors (Lipinski definition) is 0. The van der Waals surface area contributed by atoms with Crippen molar-refractivity contribution >= 4 is 15.6 Å². The van der Waals surface area contributed by atoms with Gasteiger partial charge in [0.05, 0.1) is 10.8 Å². The number of benzene rings is 1. The van der Waals surface area contributed by atoms with Crippen molar-refractivity contribution in [3.63, 3.8) is 0 Å². The first-order valence-corrected chi connectivity index (χ1v) is 7.92. The molecule has 0 aliphatic rings. The Labute approximate surface area is 117 Å². The molecule has 3 nitrogen and oxygen atoms in total. The van der Waals surface area contributed by atoms with Crippen LogP contribution in [0.4, 0.5) is 8.78 Å². The van der Waals surface area contributed by atoms with E-state index in [0.29, 0.717) is 6.07 Å². The highest BCUT2D eigenvalue weighted by Gasteiger charge is 2.35.